The van der Waals surface area contributed by atoms with Crippen molar-refractivity contribution in [1.29, 1.82) is 0 Å². The van der Waals surface area contributed by atoms with E-state index < -0.39 is 0 Å². The molecule has 0 saturated carbocycles. The number of carbonyl (C=O) groups is 1. The van der Waals surface area contributed by atoms with Crippen LogP contribution < -0.4 is 10.6 Å². The van der Waals surface area contributed by atoms with Gasteiger partial charge in [0.15, 0.2) is 5.69 Å². The summed E-state index contributed by atoms with van der Waals surface area (Å²) in [4.78, 5) is 12.3. The third kappa shape index (κ3) is 4.75. The van der Waals surface area contributed by atoms with Gasteiger partial charge in [0, 0.05) is 19.3 Å². The average Bonchev–Trinajstić information content (AvgIpc) is 2.56. The van der Waals surface area contributed by atoms with Gasteiger partial charge in [-0.05, 0) is 29.7 Å². The predicted octanol–water partition coefficient (Wildman–Crippen LogP) is 2.91. The summed E-state index contributed by atoms with van der Waals surface area (Å²) in [6, 6.07) is 11.1. The van der Waals surface area contributed by atoms with Crippen LogP contribution in [0.1, 0.15) is 35.8 Å². The van der Waals surface area contributed by atoms with Crippen LogP contribution in [0.5, 0.6) is 0 Å². The number of hydrogen-bond acceptors (Lipinski definition) is 5. The number of hydrogen-bond donors (Lipinski definition) is 2. The van der Waals surface area contributed by atoms with Gasteiger partial charge in [-0.3, -0.25) is 4.79 Å². The fourth-order valence-electron chi connectivity index (χ4n) is 2.13. The van der Waals surface area contributed by atoms with E-state index in [-0.39, 0.29) is 11.6 Å². The highest BCUT2D eigenvalue weighted by Gasteiger charge is 2.12. The molecule has 6 heteroatoms. The Labute approximate surface area is 136 Å². The number of benzene rings is 1. The zero-order chi connectivity index (χ0) is 16.7. The van der Waals surface area contributed by atoms with Crippen molar-refractivity contribution >= 4 is 17.4 Å². The maximum absolute atomic E-state index is 12.3. The highest BCUT2D eigenvalue weighted by molar-refractivity contribution is 6.03. The summed E-state index contributed by atoms with van der Waals surface area (Å²) in [6.07, 6.45) is 0. The Hall–Kier alpha value is -2.47. The largest absolute Gasteiger partial charge is 0.383 e. The van der Waals surface area contributed by atoms with Crippen molar-refractivity contribution < 1.29 is 9.53 Å². The second-order valence-electron chi connectivity index (χ2n) is 5.42. The molecule has 23 heavy (non-hydrogen) atoms. The summed E-state index contributed by atoms with van der Waals surface area (Å²) in [7, 11) is 1.63. The molecule has 122 valence electrons. The molecule has 0 aliphatic rings. The molecule has 0 fully saturated rings. The second-order valence-corrected chi connectivity index (χ2v) is 5.42. The van der Waals surface area contributed by atoms with E-state index in [2.05, 4.69) is 34.7 Å². The zero-order valence-corrected chi connectivity index (χ0v) is 13.7. The number of nitrogens with zero attached hydrogens (tertiary/aromatic N) is 2. The summed E-state index contributed by atoms with van der Waals surface area (Å²) in [5.74, 6) is 0.667. The lowest BCUT2D eigenvalue weighted by atomic mass is 10.0. The first-order chi connectivity index (χ1) is 11.1. The van der Waals surface area contributed by atoms with E-state index in [0.29, 0.717) is 24.9 Å². The Morgan fingerprint density at radius 1 is 1.17 bits per heavy atom. The van der Waals surface area contributed by atoms with E-state index in [1.807, 2.05) is 24.3 Å². The molecule has 0 aliphatic heterocycles. The number of nitrogens with one attached hydrogen (secondary N) is 2. The van der Waals surface area contributed by atoms with Crippen LogP contribution in [0.15, 0.2) is 36.4 Å². The lowest BCUT2D eigenvalue weighted by Crippen LogP contribution is -2.16. The van der Waals surface area contributed by atoms with Gasteiger partial charge in [0.25, 0.3) is 5.91 Å². The minimum atomic E-state index is -0.269. The van der Waals surface area contributed by atoms with Crippen molar-refractivity contribution in [3.8, 4) is 0 Å². The van der Waals surface area contributed by atoms with Gasteiger partial charge in [-0.2, -0.15) is 0 Å². The normalized spacial score (nSPS) is 10.6. The Morgan fingerprint density at radius 3 is 2.61 bits per heavy atom. The van der Waals surface area contributed by atoms with E-state index in [0.717, 1.165) is 11.3 Å². The van der Waals surface area contributed by atoms with Gasteiger partial charge in [0.1, 0.15) is 5.82 Å². The maximum Gasteiger partial charge on any atom is 0.276 e. The number of anilines is 2. The molecule has 0 aliphatic carbocycles. The van der Waals surface area contributed by atoms with Gasteiger partial charge in [-0.15, -0.1) is 10.2 Å². The van der Waals surface area contributed by atoms with Crippen molar-refractivity contribution in [3.63, 3.8) is 0 Å². The fourth-order valence-corrected chi connectivity index (χ4v) is 2.13. The van der Waals surface area contributed by atoms with Crippen LogP contribution in [0.25, 0.3) is 0 Å². The monoisotopic (exact) mass is 314 g/mol. The molecule has 1 heterocycles. The minimum absolute atomic E-state index is 0.269. The van der Waals surface area contributed by atoms with Crippen molar-refractivity contribution in [3.05, 3.63) is 47.7 Å². The number of rotatable bonds is 7. The predicted molar refractivity (Wildman–Crippen MR) is 90.9 cm³/mol. The molecule has 1 aromatic heterocycles. The second kappa shape index (κ2) is 8.24. The van der Waals surface area contributed by atoms with Crippen LogP contribution in [0.4, 0.5) is 11.5 Å². The highest BCUT2D eigenvalue weighted by Crippen LogP contribution is 2.24. The number of aromatic nitrogens is 2. The van der Waals surface area contributed by atoms with Crippen LogP contribution in [0.2, 0.25) is 0 Å². The van der Waals surface area contributed by atoms with Crippen LogP contribution in [-0.2, 0) is 4.74 Å². The Morgan fingerprint density at radius 2 is 1.96 bits per heavy atom. The number of carbonyl (C=O) groups excluding carboxylic acids is 1. The van der Waals surface area contributed by atoms with E-state index in [1.54, 1.807) is 19.2 Å². The zero-order valence-electron chi connectivity index (χ0n) is 13.7. The first-order valence-corrected chi connectivity index (χ1v) is 7.58. The van der Waals surface area contributed by atoms with Gasteiger partial charge in [0.2, 0.25) is 0 Å². The van der Waals surface area contributed by atoms with E-state index >= 15 is 0 Å². The fraction of sp³-hybridized carbons (Fsp3) is 0.353. The Kier molecular flexibility index (Phi) is 6.05. The van der Waals surface area contributed by atoms with Gasteiger partial charge < -0.3 is 15.4 Å². The van der Waals surface area contributed by atoms with Crippen molar-refractivity contribution in [2.75, 3.05) is 30.9 Å². The third-order valence-electron chi connectivity index (χ3n) is 3.34. The molecule has 0 radical (unpaired) electrons. The van der Waals surface area contributed by atoms with Gasteiger partial charge in [0.05, 0.1) is 6.61 Å². The molecular formula is C17H22N4O2. The molecule has 2 N–H and O–H groups in total. The quantitative estimate of drug-likeness (QED) is 0.769. The molecular weight excluding hydrogens is 292 g/mol. The van der Waals surface area contributed by atoms with E-state index in [4.69, 9.17) is 4.74 Å². The van der Waals surface area contributed by atoms with Crippen LogP contribution >= 0.6 is 0 Å². The van der Waals surface area contributed by atoms with Crippen LogP contribution in [0, 0.1) is 0 Å². The number of amides is 1. The first kappa shape index (κ1) is 16.9. The van der Waals surface area contributed by atoms with Crippen molar-refractivity contribution in [1.82, 2.24) is 10.2 Å². The lowest BCUT2D eigenvalue weighted by Gasteiger charge is -2.13. The summed E-state index contributed by atoms with van der Waals surface area (Å²) in [5, 5.41) is 13.9. The molecule has 1 amide bonds. The smallest absolute Gasteiger partial charge is 0.276 e. The molecule has 0 atom stereocenters. The van der Waals surface area contributed by atoms with Crippen LogP contribution in [-0.4, -0.2) is 36.4 Å². The average molecular weight is 314 g/mol. The highest BCUT2D eigenvalue weighted by atomic mass is 16.5. The van der Waals surface area contributed by atoms with Gasteiger partial charge in [-0.1, -0.05) is 32.0 Å². The summed E-state index contributed by atoms with van der Waals surface area (Å²) >= 11 is 0. The number of methoxy groups -OCH3 is 1. The molecule has 2 rings (SSSR count). The summed E-state index contributed by atoms with van der Waals surface area (Å²) < 4.78 is 4.95. The van der Waals surface area contributed by atoms with Crippen molar-refractivity contribution in [2.24, 2.45) is 0 Å². The summed E-state index contributed by atoms with van der Waals surface area (Å²) in [6.45, 7) is 5.39. The molecule has 1 aromatic carbocycles. The summed E-state index contributed by atoms with van der Waals surface area (Å²) in [5.41, 5.74) is 2.17. The molecule has 0 unspecified atom stereocenters. The van der Waals surface area contributed by atoms with Gasteiger partial charge in [-0.25, -0.2) is 0 Å². The standard InChI is InChI=1S/C17H22N4O2/c1-12(2)13-6-4-5-7-14(13)19-17(22)15-8-9-16(21-20-15)18-10-11-23-3/h4-9,12H,10-11H2,1-3H3,(H,18,21)(H,19,22). The molecule has 0 saturated heterocycles. The molecule has 0 spiro atoms. The van der Waals surface area contributed by atoms with E-state index in [9.17, 15) is 4.79 Å². The molecule has 2 aromatic rings. The Balaban J connectivity index is 2.04. The van der Waals surface area contributed by atoms with Crippen LogP contribution in [0.3, 0.4) is 0 Å². The maximum atomic E-state index is 12.3. The number of ether oxygens (including phenoxy) is 1. The molecule has 6 nitrogen and oxygen atoms in total. The topological polar surface area (TPSA) is 76.1 Å². The van der Waals surface area contributed by atoms with E-state index in [1.165, 1.54) is 0 Å². The minimum Gasteiger partial charge on any atom is -0.383 e. The third-order valence-corrected chi connectivity index (χ3v) is 3.34. The lowest BCUT2D eigenvalue weighted by molar-refractivity contribution is 0.102. The Bertz CT molecular complexity index is 641. The number of para-hydroxylation sites is 1. The first-order valence-electron chi connectivity index (χ1n) is 7.58. The SMILES string of the molecule is COCCNc1ccc(C(=O)Nc2ccccc2C(C)C)nn1. The van der Waals surface area contributed by atoms with Crippen molar-refractivity contribution in [2.45, 2.75) is 19.8 Å². The molecule has 0 bridgehead atoms. The van der Waals surface area contributed by atoms with Gasteiger partial charge >= 0.3 is 0 Å².